The average Bonchev–Trinajstić information content (AvgIpc) is 2.74. The summed E-state index contributed by atoms with van der Waals surface area (Å²) in [6.45, 7) is 3.42. The lowest BCUT2D eigenvalue weighted by Crippen LogP contribution is -2.49. The van der Waals surface area contributed by atoms with Crippen molar-refractivity contribution in [2.75, 3.05) is 6.26 Å². The van der Waals surface area contributed by atoms with E-state index in [4.69, 9.17) is 5.73 Å². The monoisotopic (exact) mass is 281 g/mol. The van der Waals surface area contributed by atoms with Crippen molar-refractivity contribution in [3.05, 3.63) is 34.9 Å². The smallest absolute Gasteiger partial charge is 0.154 e. The molecule has 4 heteroatoms. The molecule has 2 rings (SSSR count). The van der Waals surface area contributed by atoms with Gasteiger partial charge in [0.05, 0.1) is 4.75 Å². The van der Waals surface area contributed by atoms with Crippen LogP contribution in [-0.4, -0.2) is 25.5 Å². The van der Waals surface area contributed by atoms with Crippen molar-refractivity contribution < 1.29 is 8.42 Å². The minimum Gasteiger partial charge on any atom is -0.326 e. The molecule has 0 saturated carbocycles. The van der Waals surface area contributed by atoms with Crippen LogP contribution in [0.3, 0.4) is 0 Å². The van der Waals surface area contributed by atoms with Gasteiger partial charge in [-0.3, -0.25) is 0 Å². The van der Waals surface area contributed by atoms with Crippen molar-refractivity contribution in [2.45, 2.75) is 50.3 Å². The van der Waals surface area contributed by atoms with Gasteiger partial charge >= 0.3 is 0 Å². The number of fused-ring (bicyclic) bond motifs is 1. The highest BCUT2D eigenvalue weighted by atomic mass is 32.2. The van der Waals surface area contributed by atoms with Gasteiger partial charge < -0.3 is 5.73 Å². The predicted octanol–water partition coefficient (Wildman–Crippen LogP) is 1.87. The molecule has 106 valence electrons. The van der Waals surface area contributed by atoms with Gasteiger partial charge in [0.15, 0.2) is 9.84 Å². The van der Waals surface area contributed by atoms with Crippen molar-refractivity contribution in [1.29, 1.82) is 0 Å². The topological polar surface area (TPSA) is 60.2 Å². The van der Waals surface area contributed by atoms with Crippen LogP contribution in [0.5, 0.6) is 0 Å². The third-order valence-corrected chi connectivity index (χ3v) is 6.68. The lowest BCUT2D eigenvalue weighted by atomic mass is 9.94. The van der Waals surface area contributed by atoms with Crippen molar-refractivity contribution in [3.8, 4) is 0 Å². The van der Waals surface area contributed by atoms with Crippen LogP contribution >= 0.6 is 0 Å². The highest BCUT2D eigenvalue weighted by molar-refractivity contribution is 7.92. The number of benzene rings is 1. The summed E-state index contributed by atoms with van der Waals surface area (Å²) in [6, 6.07) is 6.06. The summed E-state index contributed by atoms with van der Waals surface area (Å²) >= 11 is 0. The molecule has 0 amide bonds. The van der Waals surface area contributed by atoms with Crippen LogP contribution in [0.25, 0.3) is 0 Å². The largest absolute Gasteiger partial charge is 0.326 e. The minimum absolute atomic E-state index is 0.387. The van der Waals surface area contributed by atoms with Crippen LogP contribution in [0.1, 0.15) is 37.0 Å². The molecule has 0 fully saturated rings. The molecule has 0 aliphatic heterocycles. The average molecular weight is 281 g/mol. The van der Waals surface area contributed by atoms with Crippen LogP contribution < -0.4 is 5.73 Å². The highest BCUT2D eigenvalue weighted by Gasteiger charge is 2.36. The second kappa shape index (κ2) is 4.91. The third kappa shape index (κ3) is 2.84. The zero-order valence-corrected chi connectivity index (χ0v) is 12.8. The summed E-state index contributed by atoms with van der Waals surface area (Å²) in [5, 5.41) is 0. The highest BCUT2D eigenvalue weighted by Crippen LogP contribution is 2.26. The normalized spacial score (nSPS) is 17.3. The van der Waals surface area contributed by atoms with Gasteiger partial charge in [0.25, 0.3) is 0 Å². The van der Waals surface area contributed by atoms with Crippen molar-refractivity contribution in [3.63, 3.8) is 0 Å². The Kier molecular flexibility index (Phi) is 3.76. The Hall–Kier alpha value is -0.870. The van der Waals surface area contributed by atoms with E-state index in [0.29, 0.717) is 6.42 Å². The Bertz CT molecular complexity index is 576. The quantitative estimate of drug-likeness (QED) is 0.916. The minimum atomic E-state index is -3.16. The molecule has 0 aromatic heterocycles. The number of rotatable bonds is 4. The SMILES string of the molecule is CC(C)(C(N)Cc1ccc2c(c1)CCC2)S(C)(=O)=O. The van der Waals surface area contributed by atoms with E-state index in [0.717, 1.165) is 18.4 Å². The van der Waals surface area contributed by atoms with Gasteiger partial charge in [-0.25, -0.2) is 8.42 Å². The van der Waals surface area contributed by atoms with Gasteiger partial charge in [-0.1, -0.05) is 18.2 Å². The van der Waals surface area contributed by atoms with Crippen molar-refractivity contribution in [2.24, 2.45) is 5.73 Å². The zero-order valence-electron chi connectivity index (χ0n) is 11.9. The first kappa shape index (κ1) is 14.5. The van der Waals surface area contributed by atoms with Crippen LogP contribution in [0.2, 0.25) is 0 Å². The maximum atomic E-state index is 11.8. The Morgan fingerprint density at radius 3 is 2.53 bits per heavy atom. The van der Waals surface area contributed by atoms with E-state index in [1.165, 1.54) is 23.8 Å². The van der Waals surface area contributed by atoms with Gasteiger partial charge in [-0.15, -0.1) is 0 Å². The molecule has 0 spiro atoms. The first-order chi connectivity index (χ1) is 8.72. The molecule has 0 radical (unpaired) electrons. The van der Waals surface area contributed by atoms with Gasteiger partial charge in [-0.2, -0.15) is 0 Å². The van der Waals surface area contributed by atoms with Crippen LogP contribution in [0.15, 0.2) is 18.2 Å². The van der Waals surface area contributed by atoms with E-state index in [9.17, 15) is 8.42 Å². The molecule has 1 unspecified atom stereocenters. The van der Waals surface area contributed by atoms with E-state index in [1.807, 2.05) is 0 Å². The van der Waals surface area contributed by atoms with Gasteiger partial charge in [0.1, 0.15) is 0 Å². The summed E-state index contributed by atoms with van der Waals surface area (Å²) in [5.41, 5.74) is 10.1. The fourth-order valence-electron chi connectivity index (χ4n) is 2.53. The summed E-state index contributed by atoms with van der Waals surface area (Å²) < 4.78 is 22.7. The van der Waals surface area contributed by atoms with E-state index in [-0.39, 0.29) is 6.04 Å². The molecule has 1 aromatic rings. The van der Waals surface area contributed by atoms with Crippen molar-refractivity contribution in [1.82, 2.24) is 0 Å². The Balaban J connectivity index is 2.18. The maximum Gasteiger partial charge on any atom is 0.154 e. The molecule has 1 aliphatic carbocycles. The fourth-order valence-corrected chi connectivity index (χ4v) is 3.16. The first-order valence-corrected chi connectivity index (χ1v) is 8.67. The van der Waals surface area contributed by atoms with E-state index in [1.54, 1.807) is 13.8 Å². The number of hydrogen-bond acceptors (Lipinski definition) is 3. The maximum absolute atomic E-state index is 11.8. The van der Waals surface area contributed by atoms with E-state index >= 15 is 0 Å². The summed E-state index contributed by atoms with van der Waals surface area (Å²) in [5.74, 6) is 0. The molecule has 0 heterocycles. The lowest BCUT2D eigenvalue weighted by molar-refractivity contribution is 0.482. The molecule has 1 aliphatic rings. The molecule has 2 N–H and O–H groups in total. The molecule has 1 aromatic carbocycles. The second-order valence-electron chi connectivity index (χ2n) is 6.14. The van der Waals surface area contributed by atoms with Crippen LogP contribution in [-0.2, 0) is 29.1 Å². The number of nitrogens with two attached hydrogens (primary N) is 1. The summed E-state index contributed by atoms with van der Waals surface area (Å²) in [4.78, 5) is 0. The molecular formula is C15H23NO2S. The van der Waals surface area contributed by atoms with Crippen LogP contribution in [0.4, 0.5) is 0 Å². The predicted molar refractivity (Wildman–Crippen MR) is 79.1 cm³/mol. The summed E-state index contributed by atoms with van der Waals surface area (Å²) in [6.07, 6.45) is 5.38. The first-order valence-electron chi connectivity index (χ1n) is 6.77. The van der Waals surface area contributed by atoms with Crippen molar-refractivity contribution >= 4 is 9.84 Å². The molecule has 0 bridgehead atoms. The molecule has 1 atom stereocenters. The van der Waals surface area contributed by atoms with Crippen LogP contribution in [0, 0.1) is 0 Å². The molecule has 19 heavy (non-hydrogen) atoms. The lowest BCUT2D eigenvalue weighted by Gasteiger charge is -2.29. The fraction of sp³-hybridized carbons (Fsp3) is 0.600. The number of aryl methyl sites for hydroxylation is 2. The molecule has 0 saturated heterocycles. The molecule has 3 nitrogen and oxygen atoms in total. The molecular weight excluding hydrogens is 258 g/mol. The second-order valence-corrected chi connectivity index (χ2v) is 8.74. The zero-order chi connectivity index (χ0) is 14.3. The summed E-state index contributed by atoms with van der Waals surface area (Å²) in [7, 11) is -3.16. The van der Waals surface area contributed by atoms with E-state index < -0.39 is 14.6 Å². The van der Waals surface area contributed by atoms with Gasteiger partial charge in [0, 0.05) is 12.3 Å². The Morgan fingerprint density at radius 1 is 1.26 bits per heavy atom. The number of sulfone groups is 1. The van der Waals surface area contributed by atoms with E-state index in [2.05, 4.69) is 18.2 Å². The Morgan fingerprint density at radius 2 is 1.89 bits per heavy atom. The van der Waals surface area contributed by atoms with Gasteiger partial charge in [-0.05, 0) is 56.2 Å². The number of hydrogen-bond donors (Lipinski definition) is 1. The standard InChI is InChI=1S/C15H23NO2S/c1-15(2,19(3,17)18)14(16)10-11-7-8-12-5-4-6-13(12)9-11/h7-9,14H,4-6,10,16H2,1-3H3. The Labute approximate surface area is 116 Å². The third-order valence-electron chi connectivity index (χ3n) is 4.47. The van der Waals surface area contributed by atoms with Gasteiger partial charge in [0.2, 0.25) is 0 Å².